The number of hydrogen-bond donors (Lipinski definition) is 1. The first-order valence-electron chi connectivity index (χ1n) is 6.38. The van der Waals surface area contributed by atoms with E-state index in [1.165, 1.54) is 0 Å². The topological polar surface area (TPSA) is 62.9 Å². The van der Waals surface area contributed by atoms with Crippen LogP contribution in [0.3, 0.4) is 0 Å². The first-order chi connectivity index (χ1) is 9.38. The summed E-state index contributed by atoms with van der Waals surface area (Å²) in [4.78, 5) is 1.16. The van der Waals surface area contributed by atoms with E-state index >= 15 is 0 Å². The SMILES string of the molecule is COCCOCCOCCOC(CN)c1cccs1. The Morgan fingerprint density at radius 2 is 1.79 bits per heavy atom. The molecular weight excluding hydrogens is 266 g/mol. The van der Waals surface area contributed by atoms with Crippen molar-refractivity contribution in [2.75, 3.05) is 53.3 Å². The molecule has 0 aromatic carbocycles. The Morgan fingerprint density at radius 3 is 2.37 bits per heavy atom. The Morgan fingerprint density at radius 1 is 1.11 bits per heavy atom. The van der Waals surface area contributed by atoms with Crippen LogP contribution >= 0.6 is 11.3 Å². The molecule has 0 amide bonds. The minimum Gasteiger partial charge on any atom is -0.382 e. The highest BCUT2D eigenvalue weighted by Crippen LogP contribution is 2.21. The van der Waals surface area contributed by atoms with Crippen LogP contribution in [-0.2, 0) is 18.9 Å². The van der Waals surface area contributed by atoms with Crippen LogP contribution in [0.2, 0.25) is 0 Å². The smallest absolute Gasteiger partial charge is 0.104 e. The second-order valence-corrected chi connectivity index (χ2v) is 4.81. The number of ether oxygens (including phenoxy) is 4. The number of nitrogens with two attached hydrogens (primary N) is 1. The van der Waals surface area contributed by atoms with E-state index < -0.39 is 0 Å². The van der Waals surface area contributed by atoms with Gasteiger partial charge in [0.1, 0.15) is 6.10 Å². The molecule has 110 valence electrons. The van der Waals surface area contributed by atoms with Crippen molar-refractivity contribution in [3.63, 3.8) is 0 Å². The number of methoxy groups -OCH3 is 1. The third-order valence-corrected chi connectivity index (χ3v) is 3.39. The van der Waals surface area contributed by atoms with Gasteiger partial charge in [0, 0.05) is 18.5 Å². The second kappa shape index (κ2) is 11.3. The molecule has 0 fully saturated rings. The Labute approximate surface area is 118 Å². The summed E-state index contributed by atoms with van der Waals surface area (Å²) in [5.74, 6) is 0. The van der Waals surface area contributed by atoms with Gasteiger partial charge in [-0.05, 0) is 11.4 Å². The van der Waals surface area contributed by atoms with Crippen LogP contribution in [0.25, 0.3) is 0 Å². The predicted molar refractivity (Wildman–Crippen MR) is 75.6 cm³/mol. The van der Waals surface area contributed by atoms with Gasteiger partial charge in [-0.25, -0.2) is 0 Å². The van der Waals surface area contributed by atoms with Gasteiger partial charge in [0.25, 0.3) is 0 Å². The fourth-order valence-electron chi connectivity index (χ4n) is 1.45. The molecule has 1 aromatic heterocycles. The van der Waals surface area contributed by atoms with Gasteiger partial charge in [-0.2, -0.15) is 0 Å². The van der Waals surface area contributed by atoms with Crippen LogP contribution in [0.1, 0.15) is 11.0 Å². The minimum absolute atomic E-state index is 0.0263. The fourth-order valence-corrected chi connectivity index (χ4v) is 2.24. The summed E-state index contributed by atoms with van der Waals surface area (Å²) in [5, 5.41) is 2.02. The van der Waals surface area contributed by atoms with Gasteiger partial charge in [-0.1, -0.05) is 6.07 Å². The zero-order chi connectivity index (χ0) is 13.8. The molecule has 1 unspecified atom stereocenters. The monoisotopic (exact) mass is 289 g/mol. The van der Waals surface area contributed by atoms with Gasteiger partial charge in [0.15, 0.2) is 0 Å². The molecule has 0 saturated heterocycles. The quantitative estimate of drug-likeness (QED) is 0.590. The summed E-state index contributed by atoms with van der Waals surface area (Å²) in [6.07, 6.45) is -0.0263. The van der Waals surface area contributed by atoms with Crippen molar-refractivity contribution in [3.05, 3.63) is 22.4 Å². The maximum absolute atomic E-state index is 5.68. The maximum Gasteiger partial charge on any atom is 0.104 e. The van der Waals surface area contributed by atoms with Crippen LogP contribution < -0.4 is 5.73 Å². The van der Waals surface area contributed by atoms with Gasteiger partial charge >= 0.3 is 0 Å². The molecular formula is C13H23NO4S. The van der Waals surface area contributed by atoms with Crippen molar-refractivity contribution < 1.29 is 18.9 Å². The lowest BCUT2D eigenvalue weighted by atomic mass is 10.3. The highest BCUT2D eigenvalue weighted by molar-refractivity contribution is 7.10. The van der Waals surface area contributed by atoms with E-state index in [1.54, 1.807) is 18.4 Å². The zero-order valence-corrected chi connectivity index (χ0v) is 12.2. The van der Waals surface area contributed by atoms with Crippen molar-refractivity contribution in [1.29, 1.82) is 0 Å². The number of hydrogen-bond acceptors (Lipinski definition) is 6. The molecule has 0 saturated carbocycles. The van der Waals surface area contributed by atoms with Gasteiger partial charge < -0.3 is 24.7 Å². The van der Waals surface area contributed by atoms with Crippen molar-refractivity contribution in [2.24, 2.45) is 5.73 Å². The molecule has 1 atom stereocenters. The molecule has 0 spiro atoms. The van der Waals surface area contributed by atoms with Crippen molar-refractivity contribution in [2.45, 2.75) is 6.10 Å². The summed E-state index contributed by atoms with van der Waals surface area (Å²) in [7, 11) is 1.65. The standard InChI is InChI=1S/C13H23NO4S/c1-15-4-5-16-6-7-17-8-9-18-12(11-14)13-3-2-10-19-13/h2-3,10,12H,4-9,11,14H2,1H3. The summed E-state index contributed by atoms with van der Waals surface area (Å²) in [5.41, 5.74) is 5.68. The molecule has 2 N–H and O–H groups in total. The number of thiophene rings is 1. The summed E-state index contributed by atoms with van der Waals surface area (Å²) in [6.45, 7) is 3.94. The van der Waals surface area contributed by atoms with E-state index in [1.807, 2.05) is 17.5 Å². The third-order valence-electron chi connectivity index (χ3n) is 2.43. The van der Waals surface area contributed by atoms with Gasteiger partial charge in [-0.3, -0.25) is 0 Å². The molecule has 1 heterocycles. The Balaban J connectivity index is 1.95. The van der Waals surface area contributed by atoms with Crippen molar-refractivity contribution in [3.8, 4) is 0 Å². The molecule has 5 nitrogen and oxygen atoms in total. The number of rotatable bonds is 12. The Bertz CT molecular complexity index is 295. The average Bonchev–Trinajstić information content (AvgIpc) is 2.95. The summed E-state index contributed by atoms with van der Waals surface area (Å²) >= 11 is 1.66. The highest BCUT2D eigenvalue weighted by Gasteiger charge is 2.10. The minimum atomic E-state index is -0.0263. The fraction of sp³-hybridized carbons (Fsp3) is 0.692. The first kappa shape index (κ1) is 16.6. The van der Waals surface area contributed by atoms with Crippen LogP contribution in [0.5, 0.6) is 0 Å². The lowest BCUT2D eigenvalue weighted by molar-refractivity contribution is -0.0139. The normalized spacial score (nSPS) is 12.7. The largest absolute Gasteiger partial charge is 0.382 e. The molecule has 1 aromatic rings. The van der Waals surface area contributed by atoms with Gasteiger partial charge in [0.2, 0.25) is 0 Å². The predicted octanol–water partition coefficient (Wildman–Crippen LogP) is 1.44. The molecule has 0 aliphatic rings. The van der Waals surface area contributed by atoms with Crippen LogP contribution in [0.15, 0.2) is 17.5 Å². The van der Waals surface area contributed by atoms with E-state index in [0.717, 1.165) is 4.88 Å². The van der Waals surface area contributed by atoms with Crippen LogP contribution in [0, 0.1) is 0 Å². The Hall–Kier alpha value is -0.500. The van der Waals surface area contributed by atoms with Crippen LogP contribution in [-0.4, -0.2) is 53.3 Å². The molecule has 6 heteroatoms. The average molecular weight is 289 g/mol. The first-order valence-corrected chi connectivity index (χ1v) is 7.26. The highest BCUT2D eigenvalue weighted by atomic mass is 32.1. The summed E-state index contributed by atoms with van der Waals surface area (Å²) < 4.78 is 21.2. The lowest BCUT2D eigenvalue weighted by Crippen LogP contribution is -2.18. The molecule has 1 rings (SSSR count). The molecule has 0 bridgehead atoms. The lowest BCUT2D eigenvalue weighted by Gasteiger charge is -2.14. The molecule has 0 aliphatic heterocycles. The van der Waals surface area contributed by atoms with Crippen LogP contribution in [0.4, 0.5) is 0 Å². The van der Waals surface area contributed by atoms with E-state index in [0.29, 0.717) is 46.2 Å². The van der Waals surface area contributed by atoms with E-state index in [4.69, 9.17) is 24.7 Å². The van der Waals surface area contributed by atoms with E-state index in [2.05, 4.69) is 0 Å². The third kappa shape index (κ3) is 7.61. The Kier molecular flexibility index (Phi) is 9.88. The summed E-state index contributed by atoms with van der Waals surface area (Å²) in [6, 6.07) is 4.03. The zero-order valence-electron chi connectivity index (χ0n) is 11.4. The molecule has 0 aliphatic carbocycles. The van der Waals surface area contributed by atoms with E-state index in [9.17, 15) is 0 Å². The van der Waals surface area contributed by atoms with E-state index in [-0.39, 0.29) is 6.10 Å². The second-order valence-electron chi connectivity index (χ2n) is 3.83. The van der Waals surface area contributed by atoms with Crippen molar-refractivity contribution in [1.82, 2.24) is 0 Å². The van der Waals surface area contributed by atoms with Gasteiger partial charge in [0.05, 0.1) is 39.6 Å². The maximum atomic E-state index is 5.68. The van der Waals surface area contributed by atoms with Gasteiger partial charge in [-0.15, -0.1) is 11.3 Å². The molecule has 0 radical (unpaired) electrons. The van der Waals surface area contributed by atoms with Crippen molar-refractivity contribution >= 4 is 11.3 Å². The molecule has 19 heavy (non-hydrogen) atoms.